The summed E-state index contributed by atoms with van der Waals surface area (Å²) in [6.07, 6.45) is -0.661. The Bertz CT molecular complexity index is 109. The second kappa shape index (κ2) is 6.37. The largest absolute Gasteiger partial charge is 0.393 e. The second-order valence-electron chi connectivity index (χ2n) is 2.72. The maximum atomic E-state index is 9.32. The van der Waals surface area contributed by atoms with E-state index < -0.39 is 6.23 Å². The summed E-state index contributed by atoms with van der Waals surface area (Å²) in [6.45, 7) is 7.14. The Hall–Kier alpha value is -0.160. The molecule has 4 heteroatoms. The Morgan fingerprint density at radius 1 is 1.42 bits per heavy atom. The van der Waals surface area contributed by atoms with E-state index in [0.29, 0.717) is 0 Å². The molecule has 0 bridgehead atoms. The first-order valence-electron chi connectivity index (χ1n) is 4.45. The van der Waals surface area contributed by atoms with E-state index in [1.807, 2.05) is 13.8 Å². The van der Waals surface area contributed by atoms with E-state index in [9.17, 15) is 5.11 Å². The highest BCUT2D eigenvalue weighted by molar-refractivity contribution is 4.67. The highest BCUT2D eigenvalue weighted by atomic mass is 16.3. The molecule has 12 heavy (non-hydrogen) atoms. The minimum Gasteiger partial charge on any atom is -0.393 e. The SMILES string of the molecule is CCNC(CO)N(CC)C(C)O. The molecule has 0 saturated carbocycles. The lowest BCUT2D eigenvalue weighted by molar-refractivity contribution is -0.0339. The van der Waals surface area contributed by atoms with Gasteiger partial charge in [-0.2, -0.15) is 0 Å². The summed E-state index contributed by atoms with van der Waals surface area (Å²) in [4.78, 5) is 1.80. The zero-order valence-electron chi connectivity index (χ0n) is 8.12. The highest BCUT2D eigenvalue weighted by Crippen LogP contribution is 1.99. The zero-order chi connectivity index (χ0) is 9.56. The van der Waals surface area contributed by atoms with Crippen LogP contribution in [0.5, 0.6) is 0 Å². The average Bonchev–Trinajstić information content (AvgIpc) is 2.03. The van der Waals surface area contributed by atoms with Crippen LogP contribution in [0.3, 0.4) is 0 Å². The molecule has 0 aliphatic carbocycles. The van der Waals surface area contributed by atoms with Crippen molar-refractivity contribution in [1.29, 1.82) is 0 Å². The number of hydrogen-bond acceptors (Lipinski definition) is 4. The van der Waals surface area contributed by atoms with Crippen molar-refractivity contribution in [1.82, 2.24) is 10.2 Å². The van der Waals surface area contributed by atoms with Gasteiger partial charge in [0, 0.05) is 0 Å². The number of likely N-dealkylation sites (N-methyl/N-ethyl adjacent to an activating group) is 2. The van der Waals surface area contributed by atoms with Crippen LogP contribution < -0.4 is 5.32 Å². The predicted molar refractivity (Wildman–Crippen MR) is 48.6 cm³/mol. The summed E-state index contributed by atoms with van der Waals surface area (Å²) in [7, 11) is 0. The van der Waals surface area contributed by atoms with Gasteiger partial charge in [-0.05, 0) is 20.0 Å². The Morgan fingerprint density at radius 3 is 2.25 bits per heavy atom. The number of rotatable bonds is 6. The Morgan fingerprint density at radius 2 is 2.00 bits per heavy atom. The van der Waals surface area contributed by atoms with E-state index in [1.54, 1.807) is 11.8 Å². The van der Waals surface area contributed by atoms with Gasteiger partial charge in [0.2, 0.25) is 0 Å². The van der Waals surface area contributed by atoms with Gasteiger partial charge in [0.15, 0.2) is 0 Å². The normalized spacial score (nSPS) is 16.5. The molecule has 2 atom stereocenters. The van der Waals surface area contributed by atoms with Crippen LogP contribution in [0.1, 0.15) is 20.8 Å². The first-order valence-corrected chi connectivity index (χ1v) is 4.45. The number of aliphatic hydroxyl groups excluding tert-OH is 2. The smallest absolute Gasteiger partial charge is 0.105 e. The first kappa shape index (κ1) is 11.8. The average molecular weight is 176 g/mol. The van der Waals surface area contributed by atoms with Crippen molar-refractivity contribution >= 4 is 0 Å². The molecule has 0 rings (SSSR count). The second-order valence-corrected chi connectivity index (χ2v) is 2.72. The van der Waals surface area contributed by atoms with Crippen LogP contribution in [-0.2, 0) is 0 Å². The van der Waals surface area contributed by atoms with Crippen LogP contribution in [0.2, 0.25) is 0 Å². The van der Waals surface area contributed by atoms with Gasteiger partial charge in [-0.15, -0.1) is 0 Å². The van der Waals surface area contributed by atoms with E-state index in [1.165, 1.54) is 0 Å². The molecule has 3 N–H and O–H groups in total. The Balaban J connectivity index is 4.02. The fourth-order valence-electron chi connectivity index (χ4n) is 1.27. The molecular formula is C8H20N2O2. The minimum atomic E-state index is -0.522. The van der Waals surface area contributed by atoms with Gasteiger partial charge < -0.3 is 15.5 Å². The molecule has 4 nitrogen and oxygen atoms in total. The van der Waals surface area contributed by atoms with E-state index in [-0.39, 0.29) is 12.8 Å². The molecular weight excluding hydrogens is 156 g/mol. The van der Waals surface area contributed by atoms with Crippen molar-refractivity contribution in [2.24, 2.45) is 0 Å². The van der Waals surface area contributed by atoms with Crippen molar-refractivity contribution in [2.75, 3.05) is 19.7 Å². The van der Waals surface area contributed by atoms with Gasteiger partial charge in [0.1, 0.15) is 6.23 Å². The molecule has 0 radical (unpaired) electrons. The molecule has 74 valence electrons. The molecule has 0 amide bonds. The highest BCUT2D eigenvalue weighted by Gasteiger charge is 2.18. The number of nitrogens with zero attached hydrogens (tertiary/aromatic N) is 1. The molecule has 0 saturated heterocycles. The van der Waals surface area contributed by atoms with Crippen LogP contribution in [-0.4, -0.2) is 47.2 Å². The van der Waals surface area contributed by atoms with Gasteiger partial charge in [0.05, 0.1) is 12.8 Å². The van der Waals surface area contributed by atoms with Crippen molar-refractivity contribution in [3.63, 3.8) is 0 Å². The number of nitrogens with one attached hydrogen (secondary N) is 1. The van der Waals surface area contributed by atoms with E-state index >= 15 is 0 Å². The van der Waals surface area contributed by atoms with Gasteiger partial charge in [-0.25, -0.2) is 0 Å². The molecule has 0 fully saturated rings. The van der Waals surface area contributed by atoms with Crippen LogP contribution in [0.15, 0.2) is 0 Å². The number of hydrogen-bond donors (Lipinski definition) is 3. The maximum absolute atomic E-state index is 9.32. The predicted octanol–water partition coefficient (Wildman–Crippen LogP) is -0.425. The molecule has 0 aromatic heterocycles. The molecule has 2 unspecified atom stereocenters. The third-order valence-electron chi connectivity index (χ3n) is 1.86. The molecule has 0 heterocycles. The van der Waals surface area contributed by atoms with Crippen LogP contribution >= 0.6 is 0 Å². The third-order valence-corrected chi connectivity index (χ3v) is 1.86. The topological polar surface area (TPSA) is 55.7 Å². The standard InChI is InChI=1S/C8H20N2O2/c1-4-9-8(6-11)10(5-2)7(3)12/h7-9,11-12H,4-6H2,1-3H3. The van der Waals surface area contributed by atoms with E-state index in [2.05, 4.69) is 5.32 Å². The lowest BCUT2D eigenvalue weighted by Gasteiger charge is -2.31. The summed E-state index contributed by atoms with van der Waals surface area (Å²) < 4.78 is 0. The molecule has 0 spiro atoms. The van der Waals surface area contributed by atoms with Crippen LogP contribution in [0.4, 0.5) is 0 Å². The maximum Gasteiger partial charge on any atom is 0.105 e. The van der Waals surface area contributed by atoms with Crippen LogP contribution in [0, 0.1) is 0 Å². The lowest BCUT2D eigenvalue weighted by atomic mass is 10.3. The number of aliphatic hydroxyl groups is 2. The van der Waals surface area contributed by atoms with E-state index in [0.717, 1.165) is 13.1 Å². The molecule has 0 aliphatic heterocycles. The van der Waals surface area contributed by atoms with Crippen molar-refractivity contribution in [3.05, 3.63) is 0 Å². The van der Waals surface area contributed by atoms with Crippen molar-refractivity contribution in [3.8, 4) is 0 Å². The summed E-state index contributed by atoms with van der Waals surface area (Å²) in [5.74, 6) is 0. The van der Waals surface area contributed by atoms with Crippen LogP contribution in [0.25, 0.3) is 0 Å². The first-order chi connectivity index (χ1) is 5.67. The third kappa shape index (κ3) is 3.49. The van der Waals surface area contributed by atoms with Gasteiger partial charge >= 0.3 is 0 Å². The van der Waals surface area contributed by atoms with E-state index in [4.69, 9.17) is 5.11 Å². The fraction of sp³-hybridized carbons (Fsp3) is 1.00. The Labute approximate surface area is 74.2 Å². The fourth-order valence-corrected chi connectivity index (χ4v) is 1.27. The quantitative estimate of drug-likeness (QED) is 0.481. The molecule has 0 aromatic rings. The van der Waals surface area contributed by atoms with Crippen molar-refractivity contribution in [2.45, 2.75) is 33.2 Å². The summed E-state index contributed by atoms with van der Waals surface area (Å²) in [6, 6.07) is 0. The Kier molecular flexibility index (Phi) is 6.28. The summed E-state index contributed by atoms with van der Waals surface area (Å²) in [5.41, 5.74) is 0. The molecule has 0 aliphatic rings. The monoisotopic (exact) mass is 176 g/mol. The lowest BCUT2D eigenvalue weighted by Crippen LogP contribution is -2.51. The van der Waals surface area contributed by atoms with Gasteiger partial charge in [0.25, 0.3) is 0 Å². The van der Waals surface area contributed by atoms with Crippen molar-refractivity contribution < 1.29 is 10.2 Å². The summed E-state index contributed by atoms with van der Waals surface area (Å²) >= 11 is 0. The van der Waals surface area contributed by atoms with Gasteiger partial charge in [-0.1, -0.05) is 13.8 Å². The summed E-state index contributed by atoms with van der Waals surface area (Å²) in [5, 5.41) is 21.4. The van der Waals surface area contributed by atoms with Gasteiger partial charge in [-0.3, -0.25) is 4.90 Å². The molecule has 0 aromatic carbocycles. The zero-order valence-corrected chi connectivity index (χ0v) is 8.12. The minimum absolute atomic E-state index is 0.0204.